The van der Waals surface area contributed by atoms with Gasteiger partial charge in [-0.25, -0.2) is 8.42 Å². The molecule has 0 saturated carbocycles. The van der Waals surface area contributed by atoms with Gasteiger partial charge in [-0.3, -0.25) is 4.79 Å². The van der Waals surface area contributed by atoms with Gasteiger partial charge in [0, 0.05) is 16.4 Å². The van der Waals surface area contributed by atoms with Crippen LogP contribution in [0.1, 0.15) is 0 Å². The number of anilines is 2. The predicted molar refractivity (Wildman–Crippen MR) is 83.0 cm³/mol. The van der Waals surface area contributed by atoms with Crippen LogP contribution < -0.4 is 11.1 Å². The van der Waals surface area contributed by atoms with E-state index in [1.807, 2.05) is 0 Å². The summed E-state index contributed by atoms with van der Waals surface area (Å²) in [5.41, 5.74) is 6.57. The summed E-state index contributed by atoms with van der Waals surface area (Å²) in [6, 6.07) is 12.1. The van der Waals surface area contributed by atoms with Gasteiger partial charge in [0.25, 0.3) is 0 Å². The first-order valence-corrected chi connectivity index (χ1v) is 8.03. The maximum atomic E-state index is 12.1. The Kier molecular flexibility index (Phi) is 4.50. The normalized spacial score (nSPS) is 11.1. The Morgan fingerprint density at radius 3 is 2.19 bits per heavy atom. The van der Waals surface area contributed by atoms with Gasteiger partial charge in [0.2, 0.25) is 5.91 Å². The van der Waals surface area contributed by atoms with Crippen LogP contribution in [0.5, 0.6) is 0 Å². The summed E-state index contributed by atoms with van der Waals surface area (Å²) in [5, 5.41) is 2.94. The summed E-state index contributed by atoms with van der Waals surface area (Å²) in [7, 11) is -3.70. The van der Waals surface area contributed by atoms with Crippen LogP contribution in [0.4, 0.5) is 11.4 Å². The van der Waals surface area contributed by atoms with E-state index < -0.39 is 21.5 Å². The monoisotopic (exact) mass is 324 g/mol. The smallest absolute Gasteiger partial charge is 0.239 e. The second-order valence-corrected chi connectivity index (χ2v) is 6.81. The number of hydrogen-bond donors (Lipinski definition) is 2. The number of nitrogens with one attached hydrogen (secondary N) is 1. The van der Waals surface area contributed by atoms with E-state index in [2.05, 4.69) is 5.32 Å². The van der Waals surface area contributed by atoms with Gasteiger partial charge in [0.15, 0.2) is 9.84 Å². The first-order chi connectivity index (χ1) is 9.87. The number of sulfone groups is 1. The number of hydrogen-bond acceptors (Lipinski definition) is 4. The van der Waals surface area contributed by atoms with Crippen molar-refractivity contribution >= 4 is 38.7 Å². The molecule has 2 aromatic carbocycles. The van der Waals surface area contributed by atoms with Crippen molar-refractivity contribution in [2.75, 3.05) is 16.8 Å². The Morgan fingerprint density at radius 1 is 1.05 bits per heavy atom. The van der Waals surface area contributed by atoms with Gasteiger partial charge in [0.1, 0.15) is 5.75 Å². The van der Waals surface area contributed by atoms with Crippen molar-refractivity contribution < 1.29 is 13.2 Å². The topological polar surface area (TPSA) is 89.3 Å². The minimum atomic E-state index is -3.70. The number of carbonyl (C=O) groups excluding carboxylic acids is 1. The fraction of sp³-hybridized carbons (Fsp3) is 0.0714. The lowest BCUT2D eigenvalue weighted by molar-refractivity contribution is -0.113. The van der Waals surface area contributed by atoms with E-state index in [0.717, 1.165) is 0 Å². The Bertz CT molecular complexity index is 741. The van der Waals surface area contributed by atoms with Gasteiger partial charge in [-0.05, 0) is 48.5 Å². The van der Waals surface area contributed by atoms with Crippen molar-refractivity contribution in [1.29, 1.82) is 0 Å². The van der Waals surface area contributed by atoms with Crippen molar-refractivity contribution in [2.45, 2.75) is 4.90 Å². The molecule has 0 aliphatic rings. The van der Waals surface area contributed by atoms with Crippen LogP contribution in [0.3, 0.4) is 0 Å². The van der Waals surface area contributed by atoms with E-state index in [9.17, 15) is 13.2 Å². The number of nitrogen functional groups attached to an aromatic ring is 1. The van der Waals surface area contributed by atoms with Crippen molar-refractivity contribution in [3.63, 3.8) is 0 Å². The van der Waals surface area contributed by atoms with E-state index in [1.54, 1.807) is 24.3 Å². The van der Waals surface area contributed by atoms with Crippen molar-refractivity contribution in [1.82, 2.24) is 0 Å². The molecule has 0 radical (unpaired) electrons. The van der Waals surface area contributed by atoms with Gasteiger partial charge in [-0.15, -0.1) is 0 Å². The van der Waals surface area contributed by atoms with Crippen LogP contribution in [0, 0.1) is 0 Å². The minimum absolute atomic E-state index is 0.0550. The molecule has 2 aromatic rings. The molecule has 110 valence electrons. The van der Waals surface area contributed by atoms with Gasteiger partial charge < -0.3 is 11.1 Å². The van der Waals surface area contributed by atoms with E-state index in [4.69, 9.17) is 17.3 Å². The zero-order valence-corrected chi connectivity index (χ0v) is 12.5. The summed E-state index contributed by atoms with van der Waals surface area (Å²) in [6.45, 7) is 0. The molecule has 5 nitrogen and oxygen atoms in total. The predicted octanol–water partition coefficient (Wildman–Crippen LogP) is 2.33. The molecule has 0 aliphatic carbocycles. The number of halogens is 1. The third-order valence-electron chi connectivity index (χ3n) is 2.69. The molecule has 21 heavy (non-hydrogen) atoms. The number of nitrogens with two attached hydrogens (primary N) is 1. The van der Waals surface area contributed by atoms with Crippen LogP contribution in [0.25, 0.3) is 0 Å². The molecular weight excluding hydrogens is 312 g/mol. The average Bonchev–Trinajstić information content (AvgIpc) is 2.41. The highest BCUT2D eigenvalue weighted by Gasteiger charge is 2.19. The van der Waals surface area contributed by atoms with Gasteiger partial charge >= 0.3 is 0 Å². The standard InChI is InChI=1S/C14H13ClN2O3S/c15-10-1-7-13(8-2-10)21(19,20)9-14(18)17-12-5-3-11(16)4-6-12/h1-8H,9,16H2,(H,17,18). The van der Waals surface area contributed by atoms with Crippen LogP contribution in [0.15, 0.2) is 53.4 Å². The maximum Gasteiger partial charge on any atom is 0.239 e. The molecular formula is C14H13ClN2O3S. The van der Waals surface area contributed by atoms with Crippen molar-refractivity contribution in [3.8, 4) is 0 Å². The summed E-state index contributed by atoms with van der Waals surface area (Å²) in [4.78, 5) is 11.9. The second kappa shape index (κ2) is 6.15. The molecule has 2 rings (SSSR count). The van der Waals surface area contributed by atoms with Gasteiger partial charge in [-0.2, -0.15) is 0 Å². The zero-order valence-electron chi connectivity index (χ0n) is 10.9. The molecule has 0 unspecified atom stereocenters. The molecule has 0 aromatic heterocycles. The Hall–Kier alpha value is -2.05. The molecule has 3 N–H and O–H groups in total. The fourth-order valence-electron chi connectivity index (χ4n) is 1.66. The van der Waals surface area contributed by atoms with Crippen LogP contribution in [0.2, 0.25) is 5.02 Å². The van der Waals surface area contributed by atoms with Crippen molar-refractivity contribution in [2.24, 2.45) is 0 Å². The largest absolute Gasteiger partial charge is 0.399 e. The second-order valence-electron chi connectivity index (χ2n) is 4.38. The van der Waals surface area contributed by atoms with Gasteiger partial charge in [-0.1, -0.05) is 11.6 Å². The highest BCUT2D eigenvalue weighted by Crippen LogP contribution is 2.16. The van der Waals surface area contributed by atoms with E-state index in [-0.39, 0.29) is 4.90 Å². The van der Waals surface area contributed by atoms with Crippen LogP contribution >= 0.6 is 11.6 Å². The third kappa shape index (κ3) is 4.21. The molecule has 0 bridgehead atoms. The Morgan fingerprint density at radius 2 is 1.62 bits per heavy atom. The Balaban J connectivity index is 2.07. The summed E-state index contributed by atoms with van der Waals surface area (Å²) in [5.74, 6) is -1.26. The molecule has 0 aliphatic heterocycles. The SMILES string of the molecule is Nc1ccc(NC(=O)CS(=O)(=O)c2ccc(Cl)cc2)cc1. The molecule has 1 amide bonds. The Labute approximate surface area is 127 Å². The van der Waals surface area contributed by atoms with E-state index in [1.165, 1.54) is 24.3 Å². The lowest BCUT2D eigenvalue weighted by Gasteiger charge is -2.07. The lowest BCUT2D eigenvalue weighted by atomic mass is 10.3. The van der Waals surface area contributed by atoms with Gasteiger partial charge in [0.05, 0.1) is 4.90 Å². The average molecular weight is 325 g/mol. The number of benzene rings is 2. The quantitative estimate of drug-likeness (QED) is 0.845. The lowest BCUT2D eigenvalue weighted by Crippen LogP contribution is -2.23. The van der Waals surface area contributed by atoms with E-state index >= 15 is 0 Å². The van der Waals surface area contributed by atoms with E-state index in [0.29, 0.717) is 16.4 Å². The summed E-state index contributed by atoms with van der Waals surface area (Å²) < 4.78 is 24.1. The highest BCUT2D eigenvalue weighted by atomic mass is 35.5. The molecule has 0 fully saturated rings. The third-order valence-corrected chi connectivity index (χ3v) is 4.57. The molecule has 0 heterocycles. The number of carbonyl (C=O) groups is 1. The fourth-order valence-corrected chi connectivity index (χ4v) is 2.92. The molecule has 0 saturated heterocycles. The van der Waals surface area contributed by atoms with Crippen LogP contribution in [-0.2, 0) is 14.6 Å². The number of amides is 1. The molecule has 0 spiro atoms. The first kappa shape index (κ1) is 15.3. The maximum absolute atomic E-state index is 12.1. The molecule has 7 heteroatoms. The zero-order chi connectivity index (χ0) is 15.5. The number of rotatable bonds is 4. The summed E-state index contributed by atoms with van der Waals surface area (Å²) in [6.07, 6.45) is 0. The molecule has 0 atom stereocenters. The first-order valence-electron chi connectivity index (χ1n) is 6.00. The summed E-state index contributed by atoms with van der Waals surface area (Å²) >= 11 is 5.70. The highest BCUT2D eigenvalue weighted by molar-refractivity contribution is 7.92. The minimum Gasteiger partial charge on any atom is -0.399 e. The van der Waals surface area contributed by atoms with Crippen LogP contribution in [-0.4, -0.2) is 20.1 Å². The van der Waals surface area contributed by atoms with Crippen molar-refractivity contribution in [3.05, 3.63) is 53.6 Å².